The highest BCUT2D eigenvalue weighted by atomic mass is 16.5. The van der Waals surface area contributed by atoms with Crippen LogP contribution in [-0.2, 0) is 13.0 Å². The number of aryl methyl sites for hydroxylation is 1. The Labute approximate surface area is 149 Å². The zero-order valence-corrected chi connectivity index (χ0v) is 15.0. The van der Waals surface area contributed by atoms with Crippen LogP contribution in [0.4, 0.5) is 4.79 Å². The largest absolute Gasteiger partial charge is 0.496 e. The number of methoxy groups -OCH3 is 1. The normalized spacial score (nSPS) is 16.0. The quantitative estimate of drug-likeness (QED) is 0.868. The second-order valence-corrected chi connectivity index (χ2v) is 6.60. The topological polar surface area (TPSA) is 50.4 Å². The molecular formula is C21H26N2O2. The molecule has 2 N–H and O–H groups in total. The molecule has 0 spiro atoms. The highest BCUT2D eigenvalue weighted by molar-refractivity contribution is 5.74. The maximum absolute atomic E-state index is 12.2. The predicted octanol–water partition coefficient (Wildman–Crippen LogP) is 3.92. The summed E-state index contributed by atoms with van der Waals surface area (Å²) in [6, 6.07) is 14.3. The molecule has 2 amide bonds. The summed E-state index contributed by atoms with van der Waals surface area (Å²) < 4.78 is 5.32. The Hall–Kier alpha value is -2.49. The third-order valence-electron chi connectivity index (χ3n) is 5.06. The van der Waals surface area contributed by atoms with Crippen molar-refractivity contribution in [2.45, 2.75) is 38.6 Å². The molecule has 4 nitrogen and oxygen atoms in total. The van der Waals surface area contributed by atoms with E-state index in [0.717, 1.165) is 29.7 Å². The van der Waals surface area contributed by atoms with Crippen molar-refractivity contribution in [2.24, 2.45) is 0 Å². The number of nitrogens with one attached hydrogen (secondary N) is 2. The lowest BCUT2D eigenvalue weighted by atomic mass is 9.83. The minimum atomic E-state index is -0.120. The van der Waals surface area contributed by atoms with Gasteiger partial charge >= 0.3 is 6.03 Å². The molecule has 0 bridgehead atoms. The summed E-state index contributed by atoms with van der Waals surface area (Å²) in [4.78, 5) is 12.2. The number of hydrogen-bond acceptors (Lipinski definition) is 2. The van der Waals surface area contributed by atoms with Gasteiger partial charge in [0.15, 0.2) is 0 Å². The number of urea groups is 1. The first-order chi connectivity index (χ1) is 12.2. The van der Waals surface area contributed by atoms with Crippen LogP contribution in [0.2, 0.25) is 0 Å². The number of amides is 2. The molecule has 2 aromatic carbocycles. The van der Waals surface area contributed by atoms with Crippen LogP contribution in [0, 0.1) is 6.92 Å². The monoisotopic (exact) mass is 338 g/mol. The molecule has 0 heterocycles. The van der Waals surface area contributed by atoms with Gasteiger partial charge in [0.1, 0.15) is 5.75 Å². The molecular weight excluding hydrogens is 312 g/mol. The van der Waals surface area contributed by atoms with Crippen molar-refractivity contribution in [3.63, 3.8) is 0 Å². The molecule has 4 heteroatoms. The molecule has 0 aliphatic heterocycles. The molecule has 0 fully saturated rings. The molecule has 0 saturated heterocycles. The van der Waals surface area contributed by atoms with Crippen LogP contribution in [0.1, 0.15) is 41.0 Å². The molecule has 0 aromatic heterocycles. The first-order valence-corrected chi connectivity index (χ1v) is 8.91. The minimum absolute atomic E-state index is 0.120. The van der Waals surface area contributed by atoms with Crippen LogP contribution in [0.5, 0.6) is 5.75 Å². The van der Waals surface area contributed by atoms with E-state index in [4.69, 9.17) is 4.74 Å². The predicted molar refractivity (Wildman–Crippen MR) is 100 cm³/mol. The van der Waals surface area contributed by atoms with E-state index in [1.54, 1.807) is 7.11 Å². The number of carbonyl (C=O) groups excluding carboxylic acids is 1. The molecule has 1 aliphatic rings. The van der Waals surface area contributed by atoms with E-state index in [1.165, 1.54) is 17.5 Å². The van der Waals surface area contributed by atoms with Crippen molar-refractivity contribution < 1.29 is 9.53 Å². The van der Waals surface area contributed by atoms with E-state index in [1.807, 2.05) is 25.1 Å². The van der Waals surface area contributed by atoms with E-state index in [0.29, 0.717) is 19.0 Å². The van der Waals surface area contributed by atoms with Crippen LogP contribution in [0.3, 0.4) is 0 Å². The van der Waals surface area contributed by atoms with Crippen molar-refractivity contribution >= 4 is 6.03 Å². The zero-order chi connectivity index (χ0) is 17.6. The number of ether oxygens (including phenoxy) is 1. The van der Waals surface area contributed by atoms with Gasteiger partial charge in [0.05, 0.1) is 7.11 Å². The third kappa shape index (κ3) is 4.13. The third-order valence-corrected chi connectivity index (χ3v) is 5.06. The number of carbonyl (C=O) groups is 1. The lowest BCUT2D eigenvalue weighted by Gasteiger charge is -2.25. The molecule has 3 rings (SSSR count). The number of rotatable bonds is 5. The van der Waals surface area contributed by atoms with Gasteiger partial charge in [-0.05, 0) is 54.5 Å². The fourth-order valence-corrected chi connectivity index (χ4v) is 3.59. The van der Waals surface area contributed by atoms with Gasteiger partial charge in [-0.15, -0.1) is 0 Å². The summed E-state index contributed by atoms with van der Waals surface area (Å²) in [7, 11) is 1.66. The summed E-state index contributed by atoms with van der Waals surface area (Å²) in [5.74, 6) is 1.26. The maximum atomic E-state index is 12.2. The van der Waals surface area contributed by atoms with Crippen LogP contribution in [0.25, 0.3) is 0 Å². The highest BCUT2D eigenvalue weighted by Gasteiger charge is 2.20. The van der Waals surface area contributed by atoms with E-state index in [2.05, 4.69) is 34.9 Å². The smallest absolute Gasteiger partial charge is 0.315 e. The van der Waals surface area contributed by atoms with Crippen LogP contribution in [0.15, 0.2) is 42.5 Å². The van der Waals surface area contributed by atoms with Gasteiger partial charge in [0.25, 0.3) is 0 Å². The summed E-state index contributed by atoms with van der Waals surface area (Å²) in [5, 5.41) is 5.98. The van der Waals surface area contributed by atoms with E-state index < -0.39 is 0 Å². The Balaban J connectivity index is 1.53. The average molecular weight is 338 g/mol. The van der Waals surface area contributed by atoms with Crippen molar-refractivity contribution in [1.29, 1.82) is 0 Å². The lowest BCUT2D eigenvalue weighted by molar-refractivity contribution is 0.239. The molecule has 1 aliphatic carbocycles. The molecule has 2 aromatic rings. The number of fused-ring (bicyclic) bond motifs is 1. The van der Waals surface area contributed by atoms with Crippen molar-refractivity contribution in [2.75, 3.05) is 13.7 Å². The average Bonchev–Trinajstić information content (AvgIpc) is 2.65. The summed E-state index contributed by atoms with van der Waals surface area (Å²) >= 11 is 0. The second-order valence-electron chi connectivity index (χ2n) is 6.60. The first kappa shape index (κ1) is 17.3. The lowest BCUT2D eigenvalue weighted by Crippen LogP contribution is -2.38. The standard InChI is InChI=1S/C21H26N2O2/c1-15-17(9-6-12-20(15)25-2)13-22-21(24)23-14-18-10-5-8-16-7-3-4-11-19(16)18/h3-4,6-7,9,11-12,18H,5,8,10,13-14H2,1-2H3,(H2,22,23,24). The molecule has 1 unspecified atom stereocenters. The Morgan fingerprint density at radius 2 is 2.00 bits per heavy atom. The maximum Gasteiger partial charge on any atom is 0.315 e. The van der Waals surface area contributed by atoms with Crippen LogP contribution >= 0.6 is 0 Å². The molecule has 25 heavy (non-hydrogen) atoms. The molecule has 132 valence electrons. The first-order valence-electron chi connectivity index (χ1n) is 8.91. The van der Waals surface area contributed by atoms with Gasteiger partial charge in [-0.2, -0.15) is 0 Å². The Bertz CT molecular complexity index is 742. The number of benzene rings is 2. The van der Waals surface area contributed by atoms with Crippen molar-refractivity contribution in [3.8, 4) is 5.75 Å². The van der Waals surface area contributed by atoms with Crippen LogP contribution < -0.4 is 15.4 Å². The van der Waals surface area contributed by atoms with Gasteiger partial charge in [0.2, 0.25) is 0 Å². The molecule has 1 atom stereocenters. The summed E-state index contributed by atoms with van der Waals surface area (Å²) in [6.07, 6.45) is 3.47. The SMILES string of the molecule is COc1cccc(CNC(=O)NCC2CCCc3ccccc32)c1C. The van der Waals surface area contributed by atoms with Gasteiger partial charge < -0.3 is 15.4 Å². The van der Waals surface area contributed by atoms with Gasteiger partial charge in [-0.1, -0.05) is 36.4 Å². The Kier molecular flexibility index (Phi) is 5.59. The number of hydrogen-bond donors (Lipinski definition) is 2. The van der Waals surface area contributed by atoms with E-state index in [9.17, 15) is 4.79 Å². The zero-order valence-electron chi connectivity index (χ0n) is 15.0. The van der Waals surface area contributed by atoms with Crippen molar-refractivity contribution in [3.05, 3.63) is 64.7 Å². The fourth-order valence-electron chi connectivity index (χ4n) is 3.59. The highest BCUT2D eigenvalue weighted by Crippen LogP contribution is 2.30. The summed E-state index contributed by atoms with van der Waals surface area (Å²) in [5.41, 5.74) is 4.94. The van der Waals surface area contributed by atoms with E-state index in [-0.39, 0.29) is 6.03 Å². The van der Waals surface area contributed by atoms with Gasteiger partial charge in [0, 0.05) is 19.0 Å². The van der Waals surface area contributed by atoms with E-state index >= 15 is 0 Å². The Morgan fingerprint density at radius 1 is 1.16 bits per heavy atom. The van der Waals surface area contributed by atoms with Gasteiger partial charge in [-0.3, -0.25) is 0 Å². The van der Waals surface area contributed by atoms with Crippen molar-refractivity contribution in [1.82, 2.24) is 10.6 Å². The Morgan fingerprint density at radius 3 is 2.84 bits per heavy atom. The summed E-state index contributed by atoms with van der Waals surface area (Å²) in [6.45, 7) is 3.18. The fraction of sp³-hybridized carbons (Fsp3) is 0.381. The second kappa shape index (κ2) is 8.06. The molecule has 0 saturated carbocycles. The minimum Gasteiger partial charge on any atom is -0.496 e. The molecule has 0 radical (unpaired) electrons. The van der Waals surface area contributed by atoms with Crippen LogP contribution in [-0.4, -0.2) is 19.7 Å². The van der Waals surface area contributed by atoms with Gasteiger partial charge in [-0.25, -0.2) is 4.79 Å².